The smallest absolute Gasteiger partial charge is 0.332 e. The lowest BCUT2D eigenvalue weighted by Crippen LogP contribution is -2.19. The van der Waals surface area contributed by atoms with Crippen LogP contribution in [0.3, 0.4) is 0 Å². The molecule has 0 spiro atoms. The second kappa shape index (κ2) is 12.2. The largest absolute Gasteiger partial charge is 0.336 e. The molecule has 0 aliphatic heterocycles. The first-order valence-corrected chi connectivity index (χ1v) is 10.2. The van der Waals surface area contributed by atoms with Crippen molar-refractivity contribution in [3.63, 3.8) is 0 Å². The predicted molar refractivity (Wildman–Crippen MR) is 111 cm³/mol. The minimum Gasteiger partial charge on any atom is -0.336 e. The van der Waals surface area contributed by atoms with Crippen molar-refractivity contribution in [2.75, 3.05) is 0 Å². The molecule has 28 heavy (non-hydrogen) atoms. The van der Waals surface area contributed by atoms with Crippen LogP contribution in [0.2, 0.25) is 0 Å². The van der Waals surface area contributed by atoms with Crippen LogP contribution in [-0.2, 0) is 9.59 Å². The number of unbranched alkanes of at least 4 members (excludes halogenated alkanes) is 5. The standard InChI is InChI=1S/C20H24N2O4S2/c23-19(25-21-15-9-7-11-17(21)27)13-5-3-1-2-4-6-14-20(24)26-22-16-10-8-12-18(22)28/h7-12,15-16H,1-6,13-14H2. The maximum atomic E-state index is 11.8. The summed E-state index contributed by atoms with van der Waals surface area (Å²) < 4.78 is 3.53. The van der Waals surface area contributed by atoms with Crippen molar-refractivity contribution in [1.29, 1.82) is 0 Å². The van der Waals surface area contributed by atoms with Gasteiger partial charge in [0, 0.05) is 25.2 Å². The summed E-state index contributed by atoms with van der Waals surface area (Å²) in [5.74, 6) is -0.575. The molecule has 8 heteroatoms. The van der Waals surface area contributed by atoms with Crippen molar-refractivity contribution in [3.8, 4) is 0 Å². The number of rotatable bonds is 11. The number of pyridine rings is 2. The molecule has 0 N–H and O–H groups in total. The van der Waals surface area contributed by atoms with Gasteiger partial charge in [-0.3, -0.25) is 0 Å². The monoisotopic (exact) mass is 420 g/mol. The van der Waals surface area contributed by atoms with Crippen molar-refractivity contribution in [3.05, 3.63) is 58.1 Å². The van der Waals surface area contributed by atoms with Crippen LogP contribution in [0.1, 0.15) is 51.4 Å². The topological polar surface area (TPSA) is 62.5 Å². The Bertz CT molecular complexity index is 818. The van der Waals surface area contributed by atoms with E-state index in [4.69, 9.17) is 34.1 Å². The van der Waals surface area contributed by atoms with E-state index in [1.807, 2.05) is 0 Å². The first kappa shape index (κ1) is 22.0. The van der Waals surface area contributed by atoms with Gasteiger partial charge in [-0.25, -0.2) is 9.59 Å². The number of hydrogen-bond acceptors (Lipinski definition) is 6. The van der Waals surface area contributed by atoms with Gasteiger partial charge in [-0.15, -0.1) is 0 Å². The molecule has 2 rings (SSSR count). The first-order chi connectivity index (χ1) is 13.6. The van der Waals surface area contributed by atoms with Crippen molar-refractivity contribution in [2.24, 2.45) is 0 Å². The molecule has 2 aromatic rings. The number of nitrogens with zero attached hydrogens (tertiary/aromatic N) is 2. The molecule has 2 heterocycles. The Morgan fingerprint density at radius 3 is 1.46 bits per heavy atom. The molecule has 150 valence electrons. The SMILES string of the molecule is O=C(CCCCCCCCC(=O)On1ccccc1=S)On1ccccc1=S. The first-order valence-electron chi connectivity index (χ1n) is 9.34. The predicted octanol–water partition coefficient (Wildman–Crippen LogP) is 4.48. The molecule has 0 radical (unpaired) electrons. The second-order valence-electron chi connectivity index (χ2n) is 6.28. The Labute approximate surface area is 174 Å². The van der Waals surface area contributed by atoms with Gasteiger partial charge in [0.2, 0.25) is 0 Å². The molecular weight excluding hydrogens is 396 g/mol. The summed E-state index contributed by atoms with van der Waals surface area (Å²) in [5, 5.41) is 0. The molecule has 0 aromatic carbocycles. The number of carbonyl (C=O) groups is 2. The quantitative estimate of drug-likeness (QED) is 0.395. The number of carbonyl (C=O) groups excluding carboxylic acids is 2. The van der Waals surface area contributed by atoms with Crippen LogP contribution in [0.15, 0.2) is 48.8 Å². The van der Waals surface area contributed by atoms with E-state index in [1.54, 1.807) is 48.8 Å². The summed E-state index contributed by atoms with van der Waals surface area (Å²) in [4.78, 5) is 34.0. The molecule has 0 aliphatic rings. The molecule has 0 saturated carbocycles. The van der Waals surface area contributed by atoms with Gasteiger partial charge in [0.25, 0.3) is 0 Å². The van der Waals surface area contributed by atoms with Crippen LogP contribution in [0.25, 0.3) is 0 Å². The fourth-order valence-corrected chi connectivity index (χ4v) is 2.89. The average Bonchev–Trinajstić information content (AvgIpc) is 2.67. The Hall–Kier alpha value is -2.32. The zero-order chi connectivity index (χ0) is 20.2. The minimum atomic E-state index is -0.287. The molecule has 0 aliphatic carbocycles. The van der Waals surface area contributed by atoms with E-state index in [-0.39, 0.29) is 11.9 Å². The van der Waals surface area contributed by atoms with Gasteiger partial charge in [-0.05, 0) is 37.1 Å². The summed E-state index contributed by atoms with van der Waals surface area (Å²) in [6.07, 6.45) is 9.42. The third-order valence-electron chi connectivity index (χ3n) is 3.99. The second-order valence-corrected chi connectivity index (χ2v) is 7.11. The molecule has 0 atom stereocenters. The molecule has 0 fully saturated rings. The van der Waals surface area contributed by atoms with Gasteiger partial charge in [-0.2, -0.15) is 9.46 Å². The lowest BCUT2D eigenvalue weighted by molar-refractivity contribution is -0.145. The molecule has 0 amide bonds. The Morgan fingerprint density at radius 1 is 0.679 bits per heavy atom. The van der Waals surface area contributed by atoms with E-state index >= 15 is 0 Å². The summed E-state index contributed by atoms with van der Waals surface area (Å²) in [5.41, 5.74) is 0. The van der Waals surface area contributed by atoms with Gasteiger partial charge in [-0.1, -0.05) is 62.3 Å². The Kier molecular flexibility index (Phi) is 9.57. The van der Waals surface area contributed by atoms with E-state index < -0.39 is 0 Å². The highest BCUT2D eigenvalue weighted by Gasteiger charge is 2.06. The van der Waals surface area contributed by atoms with Gasteiger partial charge in [0.05, 0.1) is 0 Å². The van der Waals surface area contributed by atoms with E-state index in [0.29, 0.717) is 22.1 Å². The Balaban J connectivity index is 1.49. The summed E-state index contributed by atoms with van der Waals surface area (Å²) in [7, 11) is 0. The van der Waals surface area contributed by atoms with Crippen molar-refractivity contribution < 1.29 is 19.3 Å². The normalized spacial score (nSPS) is 10.4. The maximum absolute atomic E-state index is 11.8. The lowest BCUT2D eigenvalue weighted by Gasteiger charge is -2.07. The van der Waals surface area contributed by atoms with Gasteiger partial charge in [0.1, 0.15) is 9.28 Å². The summed E-state index contributed by atoms with van der Waals surface area (Å²) in [6.45, 7) is 0. The number of aromatic nitrogens is 2. The zero-order valence-corrected chi connectivity index (χ0v) is 17.3. The fourth-order valence-electron chi connectivity index (χ4n) is 2.53. The van der Waals surface area contributed by atoms with Crippen LogP contribution in [0.4, 0.5) is 0 Å². The average molecular weight is 421 g/mol. The van der Waals surface area contributed by atoms with Crippen LogP contribution in [0.5, 0.6) is 0 Å². The third-order valence-corrected chi connectivity index (χ3v) is 4.62. The highest BCUT2D eigenvalue weighted by Crippen LogP contribution is 2.09. The zero-order valence-electron chi connectivity index (χ0n) is 15.6. The third kappa shape index (κ3) is 8.14. The summed E-state index contributed by atoms with van der Waals surface area (Å²) >= 11 is 10.1. The molecule has 6 nitrogen and oxygen atoms in total. The molecule has 2 aromatic heterocycles. The van der Waals surface area contributed by atoms with Crippen LogP contribution in [-0.4, -0.2) is 21.4 Å². The molecule has 0 bridgehead atoms. The van der Waals surface area contributed by atoms with Crippen molar-refractivity contribution >= 4 is 36.4 Å². The van der Waals surface area contributed by atoms with Crippen LogP contribution in [0, 0.1) is 9.28 Å². The Morgan fingerprint density at radius 2 is 1.07 bits per heavy atom. The highest BCUT2D eigenvalue weighted by atomic mass is 32.1. The van der Waals surface area contributed by atoms with Gasteiger partial charge in [0.15, 0.2) is 0 Å². The van der Waals surface area contributed by atoms with E-state index in [9.17, 15) is 9.59 Å². The lowest BCUT2D eigenvalue weighted by atomic mass is 10.1. The molecule has 0 saturated heterocycles. The number of hydrogen-bond donors (Lipinski definition) is 0. The van der Waals surface area contributed by atoms with Gasteiger partial charge < -0.3 is 9.68 Å². The van der Waals surface area contributed by atoms with E-state index in [2.05, 4.69) is 0 Å². The molecule has 0 unspecified atom stereocenters. The van der Waals surface area contributed by atoms with Crippen LogP contribution >= 0.6 is 24.4 Å². The highest BCUT2D eigenvalue weighted by molar-refractivity contribution is 7.71. The van der Waals surface area contributed by atoms with Crippen LogP contribution < -0.4 is 9.68 Å². The fraction of sp³-hybridized carbons (Fsp3) is 0.400. The minimum absolute atomic E-state index is 0.287. The van der Waals surface area contributed by atoms with Gasteiger partial charge >= 0.3 is 11.9 Å². The maximum Gasteiger partial charge on any atom is 0.332 e. The van der Waals surface area contributed by atoms with Crippen molar-refractivity contribution in [2.45, 2.75) is 51.4 Å². The van der Waals surface area contributed by atoms with E-state index in [1.165, 1.54) is 9.46 Å². The van der Waals surface area contributed by atoms with E-state index in [0.717, 1.165) is 38.5 Å². The molecular formula is C20H24N2O4S2. The summed E-state index contributed by atoms with van der Waals surface area (Å²) in [6, 6.07) is 10.5. The van der Waals surface area contributed by atoms with Crippen molar-refractivity contribution in [1.82, 2.24) is 9.46 Å².